The molecule has 0 bridgehead atoms. The van der Waals surface area contributed by atoms with Gasteiger partial charge < -0.3 is 44.5 Å². The first kappa shape index (κ1) is 50.7. The average Bonchev–Trinajstić information content (AvgIpc) is 4.26. The van der Waals surface area contributed by atoms with Gasteiger partial charge in [0.25, 0.3) is 5.88 Å². The molecular formula is C55H66N12O6S. The Balaban J connectivity index is 0.000000333. The molecule has 4 aliphatic heterocycles. The van der Waals surface area contributed by atoms with E-state index in [4.69, 9.17) is 19.2 Å². The molecule has 11 rings (SSSR count). The Morgan fingerprint density at radius 2 is 1.74 bits per heavy atom. The van der Waals surface area contributed by atoms with Crippen molar-refractivity contribution in [3.05, 3.63) is 112 Å². The second-order valence-electron chi connectivity index (χ2n) is 20.3. The molecular weight excluding hydrogens is 957 g/mol. The second-order valence-corrected chi connectivity index (χ2v) is 21.1. The van der Waals surface area contributed by atoms with Gasteiger partial charge in [0, 0.05) is 92.4 Å². The molecule has 74 heavy (non-hydrogen) atoms. The number of aromatic hydroxyl groups is 1. The molecule has 0 saturated carbocycles. The van der Waals surface area contributed by atoms with E-state index in [2.05, 4.69) is 57.5 Å². The van der Waals surface area contributed by atoms with Crippen molar-refractivity contribution in [3.8, 4) is 33.3 Å². The fourth-order valence-corrected chi connectivity index (χ4v) is 11.8. The number of amides is 2. The number of hydrogen-bond donors (Lipinski definition) is 4. The van der Waals surface area contributed by atoms with Crippen LogP contribution in [0.1, 0.15) is 91.6 Å². The number of para-hydroxylation sites is 1. The average molecular weight is 1020 g/mol. The maximum absolute atomic E-state index is 13.2. The molecule has 3 saturated heterocycles. The molecule has 2 aromatic carbocycles. The number of anilines is 1. The van der Waals surface area contributed by atoms with Crippen LogP contribution < -0.4 is 15.0 Å². The van der Waals surface area contributed by atoms with Gasteiger partial charge in [-0.15, -0.1) is 21.5 Å². The highest BCUT2D eigenvalue weighted by atomic mass is 32.1. The van der Waals surface area contributed by atoms with Crippen molar-refractivity contribution in [1.82, 2.24) is 55.3 Å². The number of nitrogens with zero attached hydrogens (tertiary/aromatic N) is 10. The third kappa shape index (κ3) is 11.6. The molecule has 19 heteroatoms. The predicted octanol–water partition coefficient (Wildman–Crippen LogP) is 7.09. The summed E-state index contributed by atoms with van der Waals surface area (Å²) in [6.45, 7) is 14.6. The molecule has 7 aromatic rings. The first-order chi connectivity index (χ1) is 36.1. The number of ether oxygens (including phenoxy) is 1. The smallest absolute Gasteiger partial charge is 0.254 e. The molecule has 0 aliphatic carbocycles. The second kappa shape index (κ2) is 23.2. The quantitative estimate of drug-likeness (QED) is 0.0755. The van der Waals surface area contributed by atoms with Gasteiger partial charge in [-0.05, 0) is 117 Å². The van der Waals surface area contributed by atoms with E-state index in [1.165, 1.54) is 27.3 Å². The van der Waals surface area contributed by atoms with Gasteiger partial charge in [0.05, 0.1) is 27.9 Å². The number of carbonyl (C=O) groups excluding carboxylic acids is 2. The Morgan fingerprint density at radius 3 is 2.45 bits per heavy atom. The van der Waals surface area contributed by atoms with E-state index < -0.39 is 12.0 Å². The van der Waals surface area contributed by atoms with Gasteiger partial charge in [0.2, 0.25) is 18.3 Å². The summed E-state index contributed by atoms with van der Waals surface area (Å²) < 4.78 is 11.6. The number of phenols is 1. The predicted molar refractivity (Wildman–Crippen MR) is 283 cm³/mol. The minimum absolute atomic E-state index is 0.0248. The normalized spacial score (nSPS) is 18.3. The largest absolute Gasteiger partial charge is 0.507 e. The summed E-state index contributed by atoms with van der Waals surface area (Å²) in [6.07, 6.45) is 10.3. The Hall–Kier alpha value is -6.80. The number of benzene rings is 2. The highest BCUT2D eigenvalue weighted by Crippen LogP contribution is 2.36. The number of thiazole rings is 1. The number of piperidine rings is 2. The third-order valence-corrected chi connectivity index (χ3v) is 16.1. The van der Waals surface area contributed by atoms with E-state index in [9.17, 15) is 19.8 Å². The molecule has 0 radical (unpaired) electrons. The van der Waals surface area contributed by atoms with Gasteiger partial charge in [-0.2, -0.15) is 0 Å². The minimum atomic E-state index is -0.455. The standard InChI is InChI=1S/C43H54N10O5.C12H12N2OS/c1-27(2)40(42(56)52-17-11-31(54)25-52)38-22-39(49-58-38)57-20-19-50-13-9-30(10-14-50)51-15-7-28(8-16-51)29-23-44-43(45-24-29)53-18-12-35-34(26-53)33-21-36(47-48-41(33)46-35)32-5-3-4-6-37(32)55;1-9-12(16-8-14-9)11-4-2-10(3-5-11)6-13-7-15/h3-6,21-24,27-28,30-31,40,54-55H,7-20,25-26H2,1-2H3,(H,46,48);2-5,7-8H,6H2,1H3,(H,13,15). The van der Waals surface area contributed by atoms with Gasteiger partial charge in [0.15, 0.2) is 11.4 Å². The molecule has 4 aliphatic rings. The first-order valence-corrected chi connectivity index (χ1v) is 26.9. The maximum atomic E-state index is 13.2. The van der Waals surface area contributed by atoms with E-state index in [0.717, 1.165) is 99.6 Å². The van der Waals surface area contributed by atoms with Gasteiger partial charge in [-0.1, -0.05) is 50.2 Å². The van der Waals surface area contributed by atoms with Crippen molar-refractivity contribution >= 4 is 40.6 Å². The monoisotopic (exact) mass is 1020 g/mol. The number of carbonyl (C=O) groups is 2. The number of H-pyrrole nitrogens is 1. The van der Waals surface area contributed by atoms with E-state index in [-0.39, 0.29) is 17.6 Å². The molecule has 388 valence electrons. The van der Waals surface area contributed by atoms with E-state index in [0.29, 0.717) is 80.5 Å². The van der Waals surface area contributed by atoms with Crippen LogP contribution in [0, 0.1) is 12.8 Å². The SMILES string of the molecule is CC(C)C(C(=O)N1CCC(O)C1)c1cc(OCCN2CCC(N3CCC(c4cnc(N5CCc6[nH]c7nnc(-c8ccccc8O)cc7c6C5)nc4)CC3)CC2)no1.Cc1ncsc1-c1ccc(CNC=O)cc1. The Bertz CT molecular complexity index is 2980. The van der Waals surface area contributed by atoms with Gasteiger partial charge in [-0.25, -0.2) is 15.0 Å². The van der Waals surface area contributed by atoms with Crippen LogP contribution in [-0.2, 0) is 29.1 Å². The number of hydrogen-bond acceptors (Lipinski definition) is 16. The molecule has 9 heterocycles. The number of aromatic amines is 1. The van der Waals surface area contributed by atoms with E-state index in [1.54, 1.807) is 34.4 Å². The van der Waals surface area contributed by atoms with Crippen molar-refractivity contribution in [1.29, 1.82) is 0 Å². The summed E-state index contributed by atoms with van der Waals surface area (Å²) in [5.41, 5.74) is 10.8. The van der Waals surface area contributed by atoms with Crippen LogP contribution in [0.4, 0.5) is 5.95 Å². The number of rotatable bonds is 15. The van der Waals surface area contributed by atoms with E-state index >= 15 is 0 Å². The summed E-state index contributed by atoms with van der Waals surface area (Å²) >= 11 is 1.64. The van der Waals surface area contributed by atoms with Gasteiger partial charge in [0.1, 0.15) is 18.3 Å². The van der Waals surface area contributed by atoms with Crippen LogP contribution in [0.3, 0.4) is 0 Å². The van der Waals surface area contributed by atoms with Gasteiger partial charge >= 0.3 is 0 Å². The Morgan fingerprint density at radius 1 is 0.959 bits per heavy atom. The molecule has 4 N–H and O–H groups in total. The zero-order valence-electron chi connectivity index (χ0n) is 42.4. The number of phenolic OH excluding ortho intramolecular Hbond substituents is 1. The summed E-state index contributed by atoms with van der Waals surface area (Å²) in [5, 5.41) is 36.9. The Kier molecular flexibility index (Phi) is 15.9. The van der Waals surface area contributed by atoms with Crippen LogP contribution >= 0.6 is 11.3 Å². The molecule has 3 fully saturated rings. The van der Waals surface area contributed by atoms with Crippen molar-refractivity contribution in [2.75, 3.05) is 63.9 Å². The number of likely N-dealkylation sites (tertiary alicyclic amines) is 3. The van der Waals surface area contributed by atoms with Gasteiger partial charge in [-0.3, -0.25) is 14.5 Å². The number of aryl methyl sites for hydroxylation is 1. The number of aliphatic hydroxyl groups is 1. The molecule has 0 spiro atoms. The topological polar surface area (TPSA) is 215 Å². The Labute approximate surface area is 435 Å². The first-order valence-electron chi connectivity index (χ1n) is 26.0. The van der Waals surface area contributed by atoms with Crippen LogP contribution in [0.2, 0.25) is 0 Å². The fourth-order valence-electron chi connectivity index (χ4n) is 11.0. The maximum Gasteiger partial charge on any atom is 0.254 e. The van der Waals surface area contributed by atoms with Crippen molar-refractivity contribution in [2.45, 2.75) is 96.4 Å². The lowest BCUT2D eigenvalue weighted by Crippen LogP contribution is -2.48. The minimum Gasteiger partial charge on any atom is -0.507 e. The van der Waals surface area contributed by atoms with E-state index in [1.807, 2.05) is 69.0 Å². The summed E-state index contributed by atoms with van der Waals surface area (Å²) in [7, 11) is 0. The lowest BCUT2D eigenvalue weighted by Gasteiger charge is -2.41. The molecule has 2 amide bonds. The third-order valence-electron chi connectivity index (χ3n) is 15.2. The highest BCUT2D eigenvalue weighted by Gasteiger charge is 2.36. The molecule has 2 unspecified atom stereocenters. The van der Waals surface area contributed by atoms with Crippen molar-refractivity contribution < 1.29 is 29.1 Å². The number of aromatic nitrogens is 7. The lowest BCUT2D eigenvalue weighted by molar-refractivity contribution is -0.133. The number of aliphatic hydroxyl groups excluding tert-OH is 1. The van der Waals surface area contributed by atoms with Crippen molar-refractivity contribution in [2.24, 2.45) is 5.92 Å². The van der Waals surface area contributed by atoms with Crippen LogP contribution in [0.5, 0.6) is 11.6 Å². The van der Waals surface area contributed by atoms with Crippen molar-refractivity contribution in [3.63, 3.8) is 0 Å². The van der Waals surface area contributed by atoms with Crippen LogP contribution in [-0.4, -0.2) is 144 Å². The highest BCUT2D eigenvalue weighted by molar-refractivity contribution is 7.13. The zero-order chi connectivity index (χ0) is 51.1. The number of fused-ring (bicyclic) bond motifs is 3. The number of nitrogens with one attached hydrogen (secondary N) is 2. The summed E-state index contributed by atoms with van der Waals surface area (Å²) in [6, 6.07) is 19.7. The molecule has 2 atom stereocenters. The molecule has 5 aromatic heterocycles. The summed E-state index contributed by atoms with van der Waals surface area (Å²) in [5.74, 6) is 1.91. The summed E-state index contributed by atoms with van der Waals surface area (Å²) in [4.78, 5) is 51.1. The lowest BCUT2D eigenvalue weighted by atomic mass is 9.89. The van der Waals surface area contributed by atoms with Crippen LogP contribution in [0.25, 0.3) is 32.7 Å². The fraction of sp³-hybridized carbons (Fsp3) is 0.455. The number of β-amino-alcohol motifs (C(OH)–C–C–N with tert-alkyl or cyclic N) is 1. The molecule has 18 nitrogen and oxygen atoms in total. The zero-order valence-corrected chi connectivity index (χ0v) is 43.2. The van der Waals surface area contributed by atoms with Crippen LogP contribution in [0.15, 0.2) is 83.1 Å².